The largest absolute Gasteiger partial charge is 0.396 e. The van der Waals surface area contributed by atoms with Gasteiger partial charge in [0.2, 0.25) is 0 Å². The summed E-state index contributed by atoms with van der Waals surface area (Å²) in [7, 11) is 3.46. The minimum atomic E-state index is -1.19. The molecule has 8 heteroatoms. The number of aliphatic hydroxyl groups is 1. The van der Waals surface area contributed by atoms with Crippen LogP contribution in [0, 0.1) is 11.6 Å². The fraction of sp³-hybridized carbons (Fsp3) is 0.444. The van der Waals surface area contributed by atoms with Crippen molar-refractivity contribution in [3.63, 3.8) is 0 Å². The molecule has 2 heterocycles. The van der Waals surface area contributed by atoms with Gasteiger partial charge in [0.1, 0.15) is 17.8 Å². The van der Waals surface area contributed by atoms with Crippen molar-refractivity contribution in [2.75, 3.05) is 40.3 Å². The lowest BCUT2D eigenvalue weighted by Gasteiger charge is -2.44. The van der Waals surface area contributed by atoms with E-state index in [1.165, 1.54) is 4.90 Å². The van der Waals surface area contributed by atoms with Gasteiger partial charge >= 0.3 is 6.03 Å². The summed E-state index contributed by atoms with van der Waals surface area (Å²) in [5, 5.41) is 9.65. The molecule has 1 N–H and O–H groups in total. The molecule has 0 aliphatic carbocycles. The van der Waals surface area contributed by atoms with Crippen molar-refractivity contribution in [2.45, 2.75) is 37.0 Å². The number of alkyl halides is 1. The number of benzene rings is 2. The lowest BCUT2D eigenvalue weighted by Crippen LogP contribution is -2.57. The van der Waals surface area contributed by atoms with Crippen LogP contribution in [-0.2, 0) is 5.54 Å². The molecule has 2 aromatic carbocycles. The molecule has 2 amide bonds. The molecule has 1 fully saturated rings. The number of aliphatic hydroxyl groups excluding tert-OH is 1. The highest BCUT2D eigenvalue weighted by Crippen LogP contribution is 2.44. The van der Waals surface area contributed by atoms with Crippen molar-refractivity contribution in [1.29, 1.82) is 0 Å². The second-order valence-electron chi connectivity index (χ2n) is 9.53. The Morgan fingerprint density at radius 1 is 1.20 bits per heavy atom. The summed E-state index contributed by atoms with van der Waals surface area (Å²) in [6.45, 7) is 0.864. The van der Waals surface area contributed by atoms with Gasteiger partial charge in [-0.25, -0.2) is 18.0 Å². The molecule has 4 rings (SSSR count). The van der Waals surface area contributed by atoms with Gasteiger partial charge in [-0.15, -0.1) is 0 Å². The molecule has 1 saturated heterocycles. The standard InChI is InChI=1S/C27H32F3N3O2/c1-31-13-11-25(24(30)18-31)32(2)26(35)33-17-19(22-15-21(28)9-10-23(22)29)16-27(33,12-6-14-34)20-7-4-3-5-8-20/h3-5,7-10,15-16,24-25,34H,6,11-14,17-18H2,1-2H3/t24?,25?,27-/m0/s1. The van der Waals surface area contributed by atoms with Gasteiger partial charge in [0, 0.05) is 38.9 Å². The van der Waals surface area contributed by atoms with Crippen molar-refractivity contribution in [2.24, 2.45) is 0 Å². The van der Waals surface area contributed by atoms with E-state index in [1.807, 2.05) is 48.4 Å². The number of carbonyl (C=O) groups excluding carboxylic acids is 1. The predicted octanol–water partition coefficient (Wildman–Crippen LogP) is 4.43. The second-order valence-corrected chi connectivity index (χ2v) is 9.53. The van der Waals surface area contributed by atoms with Crippen LogP contribution in [0.25, 0.3) is 5.57 Å². The average Bonchev–Trinajstić information content (AvgIpc) is 3.24. The Labute approximate surface area is 204 Å². The number of likely N-dealkylation sites (tertiary alicyclic amines) is 1. The first-order valence-electron chi connectivity index (χ1n) is 12.0. The summed E-state index contributed by atoms with van der Waals surface area (Å²) in [6, 6.07) is 11.6. The fourth-order valence-corrected chi connectivity index (χ4v) is 5.35. The van der Waals surface area contributed by atoms with E-state index in [0.717, 1.165) is 23.8 Å². The highest BCUT2D eigenvalue weighted by Gasteiger charge is 2.47. The Hall–Kier alpha value is -2.84. The monoisotopic (exact) mass is 487 g/mol. The number of hydrogen-bond donors (Lipinski definition) is 1. The Morgan fingerprint density at radius 2 is 1.94 bits per heavy atom. The molecule has 2 aliphatic heterocycles. The number of carbonyl (C=O) groups is 1. The van der Waals surface area contributed by atoms with E-state index in [4.69, 9.17) is 0 Å². The normalized spacial score (nSPS) is 25.0. The van der Waals surface area contributed by atoms with Crippen LogP contribution in [0.2, 0.25) is 0 Å². The zero-order valence-corrected chi connectivity index (χ0v) is 20.1. The predicted molar refractivity (Wildman–Crippen MR) is 129 cm³/mol. The molecule has 0 saturated carbocycles. The van der Waals surface area contributed by atoms with Crippen LogP contribution in [0.3, 0.4) is 0 Å². The summed E-state index contributed by atoms with van der Waals surface area (Å²) in [4.78, 5) is 18.9. The third-order valence-corrected chi connectivity index (χ3v) is 7.23. The van der Waals surface area contributed by atoms with Crippen LogP contribution in [-0.4, -0.2) is 78.4 Å². The second kappa shape index (κ2) is 10.4. The Bertz CT molecular complexity index is 1080. The molecule has 3 atom stereocenters. The maximum atomic E-state index is 15.0. The van der Waals surface area contributed by atoms with Gasteiger partial charge in [-0.1, -0.05) is 30.3 Å². The Balaban J connectivity index is 1.78. The zero-order valence-electron chi connectivity index (χ0n) is 20.1. The lowest BCUT2D eigenvalue weighted by atomic mass is 9.84. The van der Waals surface area contributed by atoms with Gasteiger partial charge in [0.05, 0.1) is 11.6 Å². The molecule has 188 valence electrons. The van der Waals surface area contributed by atoms with Crippen molar-refractivity contribution in [1.82, 2.24) is 14.7 Å². The number of halogens is 3. The zero-order chi connectivity index (χ0) is 25.2. The molecule has 2 aromatic rings. The lowest BCUT2D eigenvalue weighted by molar-refractivity contribution is 0.0500. The minimum Gasteiger partial charge on any atom is -0.396 e. The maximum absolute atomic E-state index is 15.0. The summed E-state index contributed by atoms with van der Waals surface area (Å²) in [5.74, 6) is -1.15. The number of rotatable bonds is 6. The van der Waals surface area contributed by atoms with E-state index in [-0.39, 0.29) is 31.3 Å². The molecule has 35 heavy (non-hydrogen) atoms. The third-order valence-electron chi connectivity index (χ3n) is 7.23. The summed E-state index contributed by atoms with van der Waals surface area (Å²) < 4.78 is 43.8. The topological polar surface area (TPSA) is 47.0 Å². The number of amides is 2. The first kappa shape index (κ1) is 25.3. The molecule has 0 bridgehead atoms. The Morgan fingerprint density at radius 3 is 2.63 bits per heavy atom. The molecule has 0 spiro atoms. The van der Waals surface area contributed by atoms with Gasteiger partial charge in [0.15, 0.2) is 0 Å². The van der Waals surface area contributed by atoms with Gasteiger partial charge in [-0.3, -0.25) is 0 Å². The number of hydrogen-bond acceptors (Lipinski definition) is 3. The summed E-state index contributed by atoms with van der Waals surface area (Å²) in [6.07, 6.45) is 1.88. The fourth-order valence-electron chi connectivity index (χ4n) is 5.35. The number of nitrogens with zero attached hydrogens (tertiary/aromatic N) is 3. The van der Waals surface area contributed by atoms with E-state index in [1.54, 1.807) is 11.9 Å². The number of urea groups is 1. The van der Waals surface area contributed by atoms with Crippen LogP contribution in [0.1, 0.15) is 30.4 Å². The van der Waals surface area contributed by atoms with Crippen LogP contribution in [0.5, 0.6) is 0 Å². The van der Waals surface area contributed by atoms with Crippen molar-refractivity contribution >= 4 is 11.6 Å². The summed E-state index contributed by atoms with van der Waals surface area (Å²) >= 11 is 0. The molecular weight excluding hydrogens is 455 g/mol. The molecular formula is C27H32F3N3O2. The first-order chi connectivity index (χ1) is 16.8. The molecule has 0 radical (unpaired) electrons. The van der Waals surface area contributed by atoms with Gasteiger partial charge in [-0.2, -0.15) is 0 Å². The highest BCUT2D eigenvalue weighted by molar-refractivity contribution is 5.83. The smallest absolute Gasteiger partial charge is 0.321 e. The van der Waals surface area contributed by atoms with Gasteiger partial charge < -0.3 is 19.8 Å². The molecule has 2 unspecified atom stereocenters. The molecule has 0 aromatic heterocycles. The van der Waals surface area contributed by atoms with E-state index in [0.29, 0.717) is 31.4 Å². The van der Waals surface area contributed by atoms with Crippen LogP contribution in [0.15, 0.2) is 54.6 Å². The molecule has 2 aliphatic rings. The third kappa shape index (κ3) is 4.95. The minimum absolute atomic E-state index is 0.0352. The van der Waals surface area contributed by atoms with Crippen molar-refractivity contribution in [3.05, 3.63) is 77.4 Å². The average molecular weight is 488 g/mol. The highest BCUT2D eigenvalue weighted by atomic mass is 19.1. The van der Waals surface area contributed by atoms with Gasteiger partial charge in [-0.05, 0) is 61.7 Å². The van der Waals surface area contributed by atoms with Crippen LogP contribution < -0.4 is 0 Å². The van der Waals surface area contributed by atoms with Gasteiger partial charge in [0.25, 0.3) is 0 Å². The summed E-state index contributed by atoms with van der Waals surface area (Å²) in [5.41, 5.74) is 0.364. The first-order valence-corrected chi connectivity index (χ1v) is 12.0. The SMILES string of the molecule is CN1CCC(N(C)C(=O)N2CC(c3cc(F)ccc3F)=C[C@@]2(CCCO)c2ccccc2)C(F)C1. The molecule has 5 nitrogen and oxygen atoms in total. The number of piperidine rings is 1. The van der Waals surface area contributed by atoms with E-state index in [9.17, 15) is 23.1 Å². The van der Waals surface area contributed by atoms with Crippen LogP contribution in [0.4, 0.5) is 18.0 Å². The Kier molecular flexibility index (Phi) is 7.52. The maximum Gasteiger partial charge on any atom is 0.321 e. The quantitative estimate of drug-likeness (QED) is 0.656. The van der Waals surface area contributed by atoms with Crippen molar-refractivity contribution in [3.8, 4) is 0 Å². The van der Waals surface area contributed by atoms with Crippen LogP contribution >= 0.6 is 0 Å². The van der Waals surface area contributed by atoms with E-state index in [2.05, 4.69) is 0 Å². The van der Waals surface area contributed by atoms with E-state index >= 15 is 0 Å². The van der Waals surface area contributed by atoms with Crippen molar-refractivity contribution < 1.29 is 23.1 Å². The van der Waals surface area contributed by atoms with E-state index < -0.39 is 29.4 Å².